The van der Waals surface area contributed by atoms with Crippen LogP contribution in [0, 0.1) is 0 Å². The first-order chi connectivity index (χ1) is 14.7. The summed E-state index contributed by atoms with van der Waals surface area (Å²) in [7, 11) is 1.93. The predicted molar refractivity (Wildman–Crippen MR) is 118 cm³/mol. The van der Waals surface area contributed by atoms with Crippen LogP contribution in [0.5, 0.6) is 0 Å². The summed E-state index contributed by atoms with van der Waals surface area (Å²) in [5.41, 5.74) is 3.57. The molecule has 4 rings (SSSR count). The van der Waals surface area contributed by atoms with Gasteiger partial charge in [-0.15, -0.1) is 0 Å². The number of nitrogens with one attached hydrogen (secondary N) is 1. The molecule has 0 spiro atoms. The third kappa shape index (κ3) is 5.12. The first-order valence-corrected chi connectivity index (χ1v) is 10.8. The van der Waals surface area contributed by atoms with E-state index in [1.807, 2.05) is 24.1 Å². The molecule has 162 valence electrons. The number of anilines is 1. The van der Waals surface area contributed by atoms with Gasteiger partial charge >= 0.3 is 0 Å². The van der Waals surface area contributed by atoms with Crippen molar-refractivity contribution in [2.24, 2.45) is 12.0 Å². The fourth-order valence-corrected chi connectivity index (χ4v) is 3.88. The van der Waals surface area contributed by atoms with Crippen LogP contribution >= 0.6 is 0 Å². The van der Waals surface area contributed by atoms with Crippen molar-refractivity contribution < 1.29 is 9.47 Å². The van der Waals surface area contributed by atoms with Crippen LogP contribution in [0.3, 0.4) is 0 Å². The number of guanidine groups is 1. The molecule has 0 bridgehead atoms. The molecule has 0 radical (unpaired) electrons. The van der Waals surface area contributed by atoms with Crippen molar-refractivity contribution in [1.29, 1.82) is 0 Å². The summed E-state index contributed by atoms with van der Waals surface area (Å²) in [6, 6.07) is 8.73. The monoisotopic (exact) mass is 412 g/mol. The zero-order chi connectivity index (χ0) is 20.8. The lowest BCUT2D eigenvalue weighted by molar-refractivity contribution is -0.00805. The Labute approximate surface area is 178 Å². The fourth-order valence-electron chi connectivity index (χ4n) is 3.88. The average molecular weight is 413 g/mol. The van der Waals surface area contributed by atoms with Crippen LogP contribution in [-0.2, 0) is 23.1 Å². The molecule has 1 N–H and O–H groups in total. The van der Waals surface area contributed by atoms with Crippen molar-refractivity contribution in [3.05, 3.63) is 47.8 Å². The summed E-state index contributed by atoms with van der Waals surface area (Å²) in [5, 5.41) is 7.72. The Hall–Kier alpha value is -2.58. The molecule has 1 aromatic heterocycles. The Kier molecular flexibility index (Phi) is 6.86. The van der Waals surface area contributed by atoms with Crippen molar-refractivity contribution in [3.63, 3.8) is 0 Å². The van der Waals surface area contributed by atoms with Gasteiger partial charge in [-0.2, -0.15) is 5.10 Å². The molecule has 3 heterocycles. The van der Waals surface area contributed by atoms with Crippen LogP contribution in [0.25, 0.3) is 0 Å². The summed E-state index contributed by atoms with van der Waals surface area (Å²) in [6.45, 7) is 9.39. The number of hydrogen-bond acceptors (Lipinski definition) is 5. The molecule has 2 fully saturated rings. The van der Waals surface area contributed by atoms with Gasteiger partial charge in [0.25, 0.3) is 0 Å². The van der Waals surface area contributed by atoms with Crippen molar-refractivity contribution >= 4 is 11.6 Å². The first-order valence-electron chi connectivity index (χ1n) is 10.8. The maximum absolute atomic E-state index is 5.98. The summed E-state index contributed by atoms with van der Waals surface area (Å²) in [4.78, 5) is 9.56. The Morgan fingerprint density at radius 3 is 2.67 bits per heavy atom. The molecule has 2 aliphatic rings. The smallest absolute Gasteiger partial charge is 0.194 e. The number of nitrogens with zero attached hydrogens (tertiary/aromatic N) is 5. The largest absolute Gasteiger partial charge is 0.378 e. The zero-order valence-electron chi connectivity index (χ0n) is 18.0. The molecule has 0 saturated carbocycles. The minimum Gasteiger partial charge on any atom is -0.378 e. The number of hydrogen-bond donors (Lipinski definition) is 1. The van der Waals surface area contributed by atoms with E-state index in [-0.39, 0.29) is 6.10 Å². The first kappa shape index (κ1) is 20.7. The zero-order valence-corrected chi connectivity index (χ0v) is 18.0. The van der Waals surface area contributed by atoms with E-state index >= 15 is 0 Å². The highest BCUT2D eigenvalue weighted by atomic mass is 16.5. The van der Waals surface area contributed by atoms with Gasteiger partial charge in [0.05, 0.1) is 39.1 Å². The second-order valence-electron chi connectivity index (χ2n) is 7.69. The number of benzene rings is 1. The molecule has 0 aliphatic carbocycles. The minimum atomic E-state index is 0.0177. The standard InChI is InChI=1S/C22H32N6O2/c1-3-23-22(28-10-13-30-21(17-28)19-15-25-26(2)16-19)24-14-18-4-6-20(7-5-18)27-8-11-29-12-9-27/h4-7,15-16,21H,3,8-14,17H2,1-2H3,(H,23,24). The third-order valence-corrected chi connectivity index (χ3v) is 5.52. The lowest BCUT2D eigenvalue weighted by atomic mass is 10.1. The normalized spacial score (nSPS) is 20.5. The predicted octanol–water partition coefficient (Wildman–Crippen LogP) is 1.80. The van der Waals surface area contributed by atoms with Crippen molar-refractivity contribution in [2.75, 3.05) is 57.4 Å². The Morgan fingerprint density at radius 2 is 1.97 bits per heavy atom. The van der Waals surface area contributed by atoms with E-state index in [4.69, 9.17) is 14.5 Å². The summed E-state index contributed by atoms with van der Waals surface area (Å²) in [5.74, 6) is 0.937. The second-order valence-corrected chi connectivity index (χ2v) is 7.69. The van der Waals surface area contributed by atoms with Gasteiger partial charge in [-0.05, 0) is 24.6 Å². The van der Waals surface area contributed by atoms with E-state index in [1.54, 1.807) is 0 Å². The summed E-state index contributed by atoms with van der Waals surface area (Å²) < 4.78 is 13.2. The van der Waals surface area contributed by atoms with Crippen LogP contribution < -0.4 is 10.2 Å². The van der Waals surface area contributed by atoms with Gasteiger partial charge in [-0.1, -0.05) is 12.1 Å². The molecule has 1 aromatic carbocycles. The number of morpholine rings is 2. The molecule has 2 aromatic rings. The average Bonchev–Trinajstić information content (AvgIpc) is 3.24. The Balaban J connectivity index is 1.40. The molecule has 8 heteroatoms. The molecule has 0 amide bonds. The lowest BCUT2D eigenvalue weighted by Crippen LogP contribution is -2.48. The number of aliphatic imine (C=N–C) groups is 1. The highest BCUT2D eigenvalue weighted by molar-refractivity contribution is 5.80. The van der Waals surface area contributed by atoms with Crippen LogP contribution in [0.2, 0.25) is 0 Å². The van der Waals surface area contributed by atoms with Gasteiger partial charge in [0.1, 0.15) is 6.10 Å². The molecule has 2 aliphatic heterocycles. The SMILES string of the molecule is CCNC(=NCc1ccc(N2CCOCC2)cc1)N1CCOC(c2cnn(C)c2)C1. The molecule has 30 heavy (non-hydrogen) atoms. The molecule has 8 nitrogen and oxygen atoms in total. The molecular formula is C22H32N6O2. The lowest BCUT2D eigenvalue weighted by Gasteiger charge is -2.34. The highest BCUT2D eigenvalue weighted by Crippen LogP contribution is 2.22. The molecule has 1 unspecified atom stereocenters. The maximum Gasteiger partial charge on any atom is 0.194 e. The van der Waals surface area contributed by atoms with Crippen LogP contribution in [-0.4, -0.2) is 73.2 Å². The van der Waals surface area contributed by atoms with Crippen LogP contribution in [0.1, 0.15) is 24.2 Å². The number of aryl methyl sites for hydroxylation is 1. The highest BCUT2D eigenvalue weighted by Gasteiger charge is 2.25. The van der Waals surface area contributed by atoms with Crippen LogP contribution in [0.4, 0.5) is 5.69 Å². The summed E-state index contributed by atoms with van der Waals surface area (Å²) >= 11 is 0. The van der Waals surface area contributed by atoms with Crippen molar-refractivity contribution in [1.82, 2.24) is 20.0 Å². The molecule has 1 atom stereocenters. The third-order valence-electron chi connectivity index (χ3n) is 5.52. The fraction of sp³-hybridized carbons (Fsp3) is 0.545. The Bertz CT molecular complexity index is 828. The van der Waals surface area contributed by atoms with Gasteiger partial charge in [0.15, 0.2) is 5.96 Å². The molecule has 2 saturated heterocycles. The van der Waals surface area contributed by atoms with Gasteiger partial charge < -0.3 is 24.6 Å². The number of ether oxygens (including phenoxy) is 2. The van der Waals surface area contributed by atoms with E-state index in [2.05, 4.69) is 51.4 Å². The Morgan fingerprint density at radius 1 is 1.17 bits per heavy atom. The maximum atomic E-state index is 5.98. The van der Waals surface area contributed by atoms with Gasteiger partial charge in [-0.3, -0.25) is 4.68 Å². The number of rotatable bonds is 5. The second kappa shape index (κ2) is 9.95. The minimum absolute atomic E-state index is 0.0177. The van der Waals surface area contributed by atoms with E-state index in [0.717, 1.165) is 57.5 Å². The quantitative estimate of drug-likeness (QED) is 0.597. The van der Waals surface area contributed by atoms with Crippen LogP contribution in [0.15, 0.2) is 41.7 Å². The van der Waals surface area contributed by atoms with E-state index in [1.165, 1.54) is 11.3 Å². The van der Waals surface area contributed by atoms with Gasteiger partial charge in [-0.25, -0.2) is 4.99 Å². The van der Waals surface area contributed by atoms with E-state index in [0.29, 0.717) is 13.2 Å². The summed E-state index contributed by atoms with van der Waals surface area (Å²) in [6.07, 6.45) is 3.92. The topological polar surface area (TPSA) is 67.2 Å². The van der Waals surface area contributed by atoms with Gasteiger partial charge in [0.2, 0.25) is 0 Å². The van der Waals surface area contributed by atoms with Crippen molar-refractivity contribution in [3.8, 4) is 0 Å². The van der Waals surface area contributed by atoms with Crippen molar-refractivity contribution in [2.45, 2.75) is 19.6 Å². The molecular weight excluding hydrogens is 380 g/mol. The van der Waals surface area contributed by atoms with Gasteiger partial charge in [0, 0.05) is 50.7 Å². The van der Waals surface area contributed by atoms with E-state index < -0.39 is 0 Å². The van der Waals surface area contributed by atoms with E-state index in [9.17, 15) is 0 Å². The number of aromatic nitrogens is 2.